The van der Waals surface area contributed by atoms with Gasteiger partial charge in [-0.1, -0.05) is 0 Å². The Bertz CT molecular complexity index is 608. The van der Waals surface area contributed by atoms with Gasteiger partial charge in [-0.2, -0.15) is 5.10 Å². The molecule has 0 spiro atoms. The van der Waals surface area contributed by atoms with Crippen molar-refractivity contribution in [2.24, 2.45) is 5.10 Å². The van der Waals surface area contributed by atoms with E-state index in [1.807, 2.05) is 0 Å². The van der Waals surface area contributed by atoms with Crippen molar-refractivity contribution in [2.75, 3.05) is 41.6 Å². The van der Waals surface area contributed by atoms with Crippen molar-refractivity contribution in [1.29, 1.82) is 0 Å². The van der Waals surface area contributed by atoms with Crippen LogP contribution in [0.25, 0.3) is 0 Å². The summed E-state index contributed by atoms with van der Waals surface area (Å²) < 4.78 is 20.6. The largest absolute Gasteiger partial charge is 0.493 e. The lowest BCUT2D eigenvalue weighted by molar-refractivity contribution is -0.129. The van der Waals surface area contributed by atoms with Gasteiger partial charge in [-0.05, 0) is 18.6 Å². The van der Waals surface area contributed by atoms with Gasteiger partial charge in [-0.15, -0.1) is 0 Å². The smallest absolute Gasteiger partial charge is 0.249 e. The summed E-state index contributed by atoms with van der Waals surface area (Å²) >= 11 is 0. The maximum Gasteiger partial charge on any atom is 0.249 e. The molecule has 2 N–H and O–H groups in total. The molecule has 0 heterocycles. The number of carbonyl (C=O) groups excluding carboxylic acids is 2. The van der Waals surface area contributed by atoms with Crippen molar-refractivity contribution in [2.45, 2.75) is 12.8 Å². The van der Waals surface area contributed by atoms with Crippen molar-refractivity contribution in [3.05, 3.63) is 17.7 Å². The Labute approximate surface area is 152 Å². The minimum Gasteiger partial charge on any atom is -0.493 e. The summed E-state index contributed by atoms with van der Waals surface area (Å²) in [6.45, 7) is 1.00. The van der Waals surface area contributed by atoms with E-state index in [9.17, 15) is 9.59 Å². The zero-order valence-corrected chi connectivity index (χ0v) is 15.5. The van der Waals surface area contributed by atoms with Gasteiger partial charge < -0.3 is 24.3 Å². The number of amides is 2. The minimum absolute atomic E-state index is 0.306. The molecule has 0 saturated heterocycles. The number of carbonyl (C=O) groups is 2. The van der Waals surface area contributed by atoms with E-state index >= 15 is 0 Å². The van der Waals surface area contributed by atoms with Crippen LogP contribution in [-0.2, 0) is 14.3 Å². The predicted molar refractivity (Wildman–Crippen MR) is 96.0 cm³/mol. The summed E-state index contributed by atoms with van der Waals surface area (Å²) in [5.41, 5.74) is 2.93. The maximum absolute atomic E-state index is 11.7. The first-order valence-corrected chi connectivity index (χ1v) is 7.93. The van der Waals surface area contributed by atoms with Crippen molar-refractivity contribution >= 4 is 18.0 Å². The van der Waals surface area contributed by atoms with Crippen LogP contribution >= 0.6 is 0 Å². The Hall–Kier alpha value is -2.81. The lowest BCUT2D eigenvalue weighted by Crippen LogP contribution is -2.30. The van der Waals surface area contributed by atoms with E-state index in [2.05, 4.69) is 15.8 Å². The Morgan fingerprint density at radius 1 is 1.04 bits per heavy atom. The van der Waals surface area contributed by atoms with E-state index in [4.69, 9.17) is 18.9 Å². The second kappa shape index (κ2) is 11.7. The molecular weight excluding hydrogens is 342 g/mol. The van der Waals surface area contributed by atoms with Gasteiger partial charge in [0.2, 0.25) is 17.6 Å². The van der Waals surface area contributed by atoms with Crippen LogP contribution in [0.1, 0.15) is 18.4 Å². The van der Waals surface area contributed by atoms with Gasteiger partial charge in [0.05, 0.1) is 27.5 Å². The van der Waals surface area contributed by atoms with E-state index < -0.39 is 5.91 Å². The number of hydrogen-bond donors (Lipinski definition) is 2. The highest BCUT2D eigenvalue weighted by molar-refractivity contribution is 5.97. The molecule has 0 aromatic heterocycles. The van der Waals surface area contributed by atoms with Gasteiger partial charge in [0, 0.05) is 25.8 Å². The molecule has 1 aromatic rings. The summed E-state index contributed by atoms with van der Waals surface area (Å²) in [5.74, 6) is 0.506. The zero-order chi connectivity index (χ0) is 19.4. The number of rotatable bonds is 11. The first-order chi connectivity index (χ1) is 12.5. The summed E-state index contributed by atoms with van der Waals surface area (Å²) in [5, 5.41) is 6.45. The van der Waals surface area contributed by atoms with Crippen molar-refractivity contribution in [1.82, 2.24) is 10.7 Å². The van der Waals surface area contributed by atoms with Crippen LogP contribution in [0, 0.1) is 0 Å². The van der Waals surface area contributed by atoms with Crippen molar-refractivity contribution in [3.8, 4) is 17.2 Å². The molecule has 0 fully saturated rings. The highest BCUT2D eigenvalue weighted by Gasteiger charge is 2.12. The number of benzene rings is 1. The molecule has 9 heteroatoms. The van der Waals surface area contributed by atoms with Crippen molar-refractivity contribution < 1.29 is 28.5 Å². The van der Waals surface area contributed by atoms with Gasteiger partial charge in [-0.25, -0.2) is 5.43 Å². The third-order valence-electron chi connectivity index (χ3n) is 3.26. The fraction of sp³-hybridized carbons (Fsp3) is 0.471. The average molecular weight is 367 g/mol. The second-order valence-electron chi connectivity index (χ2n) is 5.12. The molecule has 0 saturated carbocycles. The quantitative estimate of drug-likeness (QED) is 0.258. The van der Waals surface area contributed by atoms with Gasteiger partial charge in [0.25, 0.3) is 0 Å². The van der Waals surface area contributed by atoms with E-state index in [-0.39, 0.29) is 12.3 Å². The molecule has 0 bridgehead atoms. The third kappa shape index (κ3) is 6.98. The average Bonchev–Trinajstić information content (AvgIpc) is 2.64. The first-order valence-electron chi connectivity index (χ1n) is 7.93. The molecular formula is C17H25N3O6. The van der Waals surface area contributed by atoms with Gasteiger partial charge >= 0.3 is 0 Å². The number of nitrogens with zero attached hydrogens (tertiary/aromatic N) is 1. The topological polar surface area (TPSA) is 107 Å². The van der Waals surface area contributed by atoms with Crippen LogP contribution in [0.4, 0.5) is 0 Å². The highest BCUT2D eigenvalue weighted by atomic mass is 16.5. The molecule has 0 unspecified atom stereocenters. The van der Waals surface area contributed by atoms with Crippen LogP contribution in [0.5, 0.6) is 17.2 Å². The van der Waals surface area contributed by atoms with E-state index in [0.717, 1.165) is 0 Å². The molecule has 2 amide bonds. The molecule has 9 nitrogen and oxygen atoms in total. The molecule has 26 heavy (non-hydrogen) atoms. The van der Waals surface area contributed by atoms with E-state index in [1.54, 1.807) is 19.2 Å². The zero-order valence-electron chi connectivity index (χ0n) is 15.5. The Kier molecular flexibility index (Phi) is 9.55. The lowest BCUT2D eigenvalue weighted by Gasteiger charge is -2.12. The molecule has 0 radical (unpaired) electrons. The SMILES string of the molecule is COCCCNC(=O)CC(=O)N/N=C\c1cc(OC)c(OC)c(OC)c1. The number of nitrogens with one attached hydrogen (secondary N) is 2. The second-order valence-corrected chi connectivity index (χ2v) is 5.12. The summed E-state index contributed by atoms with van der Waals surface area (Å²) in [6.07, 6.45) is 1.79. The molecule has 1 aromatic carbocycles. The van der Waals surface area contributed by atoms with Gasteiger partial charge in [-0.3, -0.25) is 9.59 Å². The Balaban J connectivity index is 2.57. The Morgan fingerprint density at radius 3 is 2.23 bits per heavy atom. The minimum atomic E-state index is -0.516. The number of ether oxygens (including phenoxy) is 4. The van der Waals surface area contributed by atoms with Gasteiger partial charge in [0.15, 0.2) is 11.5 Å². The van der Waals surface area contributed by atoms with Crippen LogP contribution in [0.2, 0.25) is 0 Å². The van der Waals surface area contributed by atoms with Crippen LogP contribution in [0.15, 0.2) is 17.2 Å². The monoisotopic (exact) mass is 367 g/mol. The molecule has 0 aliphatic heterocycles. The molecule has 0 aliphatic rings. The number of hydrogen-bond acceptors (Lipinski definition) is 7. The standard InChI is InChI=1S/C17H25N3O6/c1-23-7-5-6-18-15(21)10-16(22)20-19-11-12-8-13(24-2)17(26-4)14(9-12)25-3/h8-9,11H,5-7,10H2,1-4H3,(H,18,21)(H,20,22)/b19-11-. The maximum atomic E-state index is 11.7. The normalized spacial score (nSPS) is 10.5. The van der Waals surface area contributed by atoms with Crippen LogP contribution < -0.4 is 25.0 Å². The molecule has 144 valence electrons. The number of hydrazone groups is 1. The highest BCUT2D eigenvalue weighted by Crippen LogP contribution is 2.37. The molecule has 0 aliphatic carbocycles. The summed E-state index contributed by atoms with van der Waals surface area (Å²) in [4.78, 5) is 23.3. The van der Waals surface area contributed by atoms with Crippen LogP contribution in [0.3, 0.4) is 0 Å². The summed E-state index contributed by atoms with van der Waals surface area (Å²) in [7, 11) is 6.10. The Morgan fingerprint density at radius 2 is 1.69 bits per heavy atom. The van der Waals surface area contributed by atoms with Crippen molar-refractivity contribution in [3.63, 3.8) is 0 Å². The number of methoxy groups -OCH3 is 4. The fourth-order valence-corrected chi connectivity index (χ4v) is 2.05. The van der Waals surface area contributed by atoms with E-state index in [0.29, 0.717) is 42.4 Å². The third-order valence-corrected chi connectivity index (χ3v) is 3.26. The lowest BCUT2D eigenvalue weighted by atomic mass is 10.2. The predicted octanol–water partition coefficient (Wildman–Crippen LogP) is 0.705. The van der Waals surface area contributed by atoms with E-state index in [1.165, 1.54) is 27.5 Å². The fourth-order valence-electron chi connectivity index (χ4n) is 2.05. The summed E-state index contributed by atoms with van der Waals surface area (Å²) in [6, 6.07) is 3.36. The molecule has 0 atom stereocenters. The molecule has 1 rings (SSSR count). The van der Waals surface area contributed by atoms with Gasteiger partial charge in [0.1, 0.15) is 6.42 Å². The van der Waals surface area contributed by atoms with Crippen LogP contribution in [-0.4, -0.2) is 59.6 Å². The first kappa shape index (κ1) is 21.2.